The maximum Gasteiger partial charge on any atom is 0.221 e. The Balaban J connectivity index is 1.57. The fraction of sp³-hybridized carbons (Fsp3) is 0.440. The van der Waals surface area contributed by atoms with Crippen molar-refractivity contribution in [1.29, 1.82) is 0 Å². The molecule has 1 fully saturated rings. The molecule has 0 radical (unpaired) electrons. The van der Waals surface area contributed by atoms with Crippen molar-refractivity contribution < 1.29 is 14.3 Å². The number of aryl methyl sites for hydroxylation is 1. The van der Waals surface area contributed by atoms with Gasteiger partial charge in [0.2, 0.25) is 5.91 Å². The lowest BCUT2D eigenvalue weighted by atomic mass is 10.1. The lowest BCUT2D eigenvalue weighted by molar-refractivity contribution is -0.114. The topological polar surface area (TPSA) is 84.0 Å². The minimum Gasteiger partial charge on any atom is -0.488 e. The van der Waals surface area contributed by atoms with Crippen LogP contribution >= 0.6 is 0 Å². The largest absolute Gasteiger partial charge is 0.488 e. The molecule has 1 heterocycles. The van der Waals surface area contributed by atoms with E-state index in [0.717, 1.165) is 55.5 Å². The van der Waals surface area contributed by atoms with Gasteiger partial charge in [-0.25, -0.2) is 4.99 Å². The number of ether oxygens (including phenoxy) is 2. The smallest absolute Gasteiger partial charge is 0.221 e. The third-order valence-electron chi connectivity index (χ3n) is 5.14. The molecular formula is C25H34N4O3. The summed E-state index contributed by atoms with van der Waals surface area (Å²) in [5, 5.41) is 9.49. The summed E-state index contributed by atoms with van der Waals surface area (Å²) in [7, 11) is 0. The highest BCUT2D eigenvalue weighted by Crippen LogP contribution is 2.24. The van der Waals surface area contributed by atoms with Gasteiger partial charge in [-0.15, -0.1) is 0 Å². The van der Waals surface area contributed by atoms with Crippen LogP contribution in [0.3, 0.4) is 0 Å². The summed E-state index contributed by atoms with van der Waals surface area (Å²) >= 11 is 0. The van der Waals surface area contributed by atoms with E-state index >= 15 is 0 Å². The second-order valence-electron chi connectivity index (χ2n) is 7.96. The molecule has 7 nitrogen and oxygen atoms in total. The van der Waals surface area contributed by atoms with Crippen LogP contribution < -0.4 is 20.7 Å². The number of guanidine groups is 1. The molecule has 0 aliphatic carbocycles. The summed E-state index contributed by atoms with van der Waals surface area (Å²) < 4.78 is 11.6. The minimum atomic E-state index is -0.0652. The van der Waals surface area contributed by atoms with Gasteiger partial charge in [0.05, 0.1) is 19.8 Å². The number of aliphatic imine (C=N–C) groups is 1. The van der Waals surface area contributed by atoms with Gasteiger partial charge in [0.1, 0.15) is 11.9 Å². The lowest BCUT2D eigenvalue weighted by Gasteiger charge is -2.16. The van der Waals surface area contributed by atoms with Crippen molar-refractivity contribution in [2.45, 2.75) is 46.3 Å². The number of nitrogens with zero attached hydrogens (tertiary/aromatic N) is 1. The second kappa shape index (κ2) is 12.1. The molecule has 1 unspecified atom stereocenters. The zero-order valence-electron chi connectivity index (χ0n) is 19.2. The first-order valence-electron chi connectivity index (χ1n) is 11.3. The van der Waals surface area contributed by atoms with Gasteiger partial charge in [0.25, 0.3) is 0 Å². The predicted molar refractivity (Wildman–Crippen MR) is 128 cm³/mol. The Morgan fingerprint density at radius 2 is 2.00 bits per heavy atom. The van der Waals surface area contributed by atoms with Gasteiger partial charge in [-0.1, -0.05) is 24.3 Å². The van der Waals surface area contributed by atoms with Gasteiger partial charge < -0.3 is 25.4 Å². The minimum absolute atomic E-state index is 0.0652. The maximum absolute atomic E-state index is 11.1. The van der Waals surface area contributed by atoms with E-state index in [1.807, 2.05) is 24.3 Å². The van der Waals surface area contributed by atoms with E-state index in [4.69, 9.17) is 14.5 Å². The summed E-state index contributed by atoms with van der Waals surface area (Å²) in [5.74, 6) is 1.60. The van der Waals surface area contributed by atoms with Crippen LogP contribution in [0.1, 0.15) is 37.0 Å². The number of anilines is 1. The molecule has 1 amide bonds. The lowest BCUT2D eigenvalue weighted by Crippen LogP contribution is -2.38. The Morgan fingerprint density at radius 3 is 2.69 bits per heavy atom. The molecule has 1 saturated heterocycles. The van der Waals surface area contributed by atoms with Gasteiger partial charge in [-0.05, 0) is 49.6 Å². The molecule has 0 bridgehead atoms. The Hall–Kier alpha value is -3.06. The molecule has 0 spiro atoms. The molecule has 1 atom stereocenters. The number of benzene rings is 2. The highest BCUT2D eigenvalue weighted by molar-refractivity contribution is 5.88. The van der Waals surface area contributed by atoms with E-state index in [-0.39, 0.29) is 12.0 Å². The van der Waals surface area contributed by atoms with Gasteiger partial charge >= 0.3 is 0 Å². The van der Waals surface area contributed by atoms with E-state index < -0.39 is 0 Å². The molecule has 7 heteroatoms. The van der Waals surface area contributed by atoms with Gasteiger partial charge in [0, 0.05) is 37.7 Å². The first kappa shape index (κ1) is 23.6. The second-order valence-corrected chi connectivity index (χ2v) is 7.96. The van der Waals surface area contributed by atoms with Crippen LogP contribution in [0.15, 0.2) is 47.5 Å². The van der Waals surface area contributed by atoms with Gasteiger partial charge in [-0.3, -0.25) is 4.79 Å². The Morgan fingerprint density at radius 1 is 1.19 bits per heavy atom. The molecule has 2 aromatic carbocycles. The number of carbonyl (C=O) groups excluding carboxylic acids is 1. The van der Waals surface area contributed by atoms with Crippen molar-refractivity contribution in [1.82, 2.24) is 10.6 Å². The third kappa shape index (κ3) is 7.57. The van der Waals surface area contributed by atoms with Crippen LogP contribution in [0.2, 0.25) is 0 Å². The monoisotopic (exact) mass is 438 g/mol. The van der Waals surface area contributed by atoms with E-state index in [1.54, 1.807) is 0 Å². The molecule has 1 aliphatic rings. The summed E-state index contributed by atoms with van der Waals surface area (Å²) in [4.78, 5) is 15.9. The third-order valence-corrected chi connectivity index (χ3v) is 5.14. The standard InChI is InChI=1S/C25H34N4O3/c1-4-26-25(27-13-11-20-6-9-22(10-7-20)29-19(3)30)28-16-21-8-5-18(2)15-24(21)32-23-12-14-31-17-23/h5-10,15,23H,4,11-14,16-17H2,1-3H3,(H,29,30)(H2,26,27,28). The number of rotatable bonds is 9. The predicted octanol–water partition coefficient (Wildman–Crippen LogP) is 3.42. The Kier molecular flexibility index (Phi) is 8.92. The normalized spacial score (nSPS) is 16.0. The molecular weight excluding hydrogens is 404 g/mol. The number of amides is 1. The van der Waals surface area contributed by atoms with E-state index in [0.29, 0.717) is 13.2 Å². The SMILES string of the molecule is CCNC(=NCc1ccc(C)cc1OC1CCOC1)NCCc1ccc(NC(C)=O)cc1. The highest BCUT2D eigenvalue weighted by Gasteiger charge is 2.18. The van der Waals surface area contributed by atoms with Crippen LogP contribution in [-0.4, -0.2) is 44.3 Å². The van der Waals surface area contributed by atoms with E-state index in [2.05, 4.69) is 48.0 Å². The Bertz CT molecular complexity index is 906. The molecule has 3 rings (SSSR count). The van der Waals surface area contributed by atoms with Crippen LogP contribution in [0, 0.1) is 6.92 Å². The Labute approximate surface area is 190 Å². The van der Waals surface area contributed by atoms with Crippen molar-refractivity contribution in [3.63, 3.8) is 0 Å². The van der Waals surface area contributed by atoms with Crippen molar-refractivity contribution in [3.8, 4) is 5.75 Å². The fourth-order valence-corrected chi connectivity index (χ4v) is 3.48. The van der Waals surface area contributed by atoms with Crippen molar-refractivity contribution in [2.75, 3.05) is 31.6 Å². The average molecular weight is 439 g/mol. The first-order chi connectivity index (χ1) is 15.5. The average Bonchev–Trinajstić information content (AvgIpc) is 3.27. The first-order valence-corrected chi connectivity index (χ1v) is 11.3. The molecule has 32 heavy (non-hydrogen) atoms. The highest BCUT2D eigenvalue weighted by atomic mass is 16.5. The summed E-state index contributed by atoms with van der Waals surface area (Å²) in [6, 6.07) is 14.2. The zero-order chi connectivity index (χ0) is 22.8. The number of nitrogens with one attached hydrogen (secondary N) is 3. The van der Waals surface area contributed by atoms with Crippen molar-refractivity contribution >= 4 is 17.6 Å². The number of hydrogen-bond acceptors (Lipinski definition) is 4. The van der Waals surface area contributed by atoms with E-state index in [9.17, 15) is 4.79 Å². The van der Waals surface area contributed by atoms with Crippen LogP contribution in [0.4, 0.5) is 5.69 Å². The summed E-state index contributed by atoms with van der Waals surface area (Å²) in [5.41, 5.74) is 4.23. The molecule has 0 aromatic heterocycles. The summed E-state index contributed by atoms with van der Waals surface area (Å²) in [6.07, 6.45) is 1.89. The van der Waals surface area contributed by atoms with Crippen molar-refractivity contribution in [3.05, 3.63) is 59.2 Å². The molecule has 3 N–H and O–H groups in total. The molecule has 172 valence electrons. The van der Waals surface area contributed by atoms with Crippen molar-refractivity contribution in [2.24, 2.45) is 4.99 Å². The fourth-order valence-electron chi connectivity index (χ4n) is 3.48. The molecule has 2 aromatic rings. The quantitative estimate of drug-likeness (QED) is 0.413. The maximum atomic E-state index is 11.1. The molecule has 1 aliphatic heterocycles. The number of hydrogen-bond donors (Lipinski definition) is 3. The van der Waals surface area contributed by atoms with Gasteiger partial charge in [0.15, 0.2) is 5.96 Å². The molecule has 0 saturated carbocycles. The van der Waals surface area contributed by atoms with Crippen LogP contribution in [0.5, 0.6) is 5.75 Å². The number of carbonyl (C=O) groups is 1. The van der Waals surface area contributed by atoms with Gasteiger partial charge in [-0.2, -0.15) is 0 Å². The zero-order valence-corrected chi connectivity index (χ0v) is 19.2. The van der Waals surface area contributed by atoms with E-state index in [1.165, 1.54) is 18.1 Å². The van der Waals surface area contributed by atoms with Crippen LogP contribution in [0.25, 0.3) is 0 Å². The van der Waals surface area contributed by atoms with Crippen LogP contribution in [-0.2, 0) is 22.5 Å². The summed E-state index contributed by atoms with van der Waals surface area (Å²) in [6.45, 7) is 9.10.